The van der Waals surface area contributed by atoms with E-state index in [1.165, 1.54) is 18.2 Å². The predicted molar refractivity (Wildman–Crippen MR) is 109 cm³/mol. The minimum atomic E-state index is -3.63. The molecule has 0 amide bonds. The van der Waals surface area contributed by atoms with E-state index in [4.69, 9.17) is 4.42 Å². The van der Waals surface area contributed by atoms with Crippen LogP contribution in [-0.4, -0.2) is 24.9 Å². The molecular formula is C20H23N3O5S. The van der Waals surface area contributed by atoms with Gasteiger partial charge in [0.1, 0.15) is 5.52 Å². The van der Waals surface area contributed by atoms with Crippen molar-refractivity contribution >= 4 is 26.8 Å². The van der Waals surface area contributed by atoms with Gasteiger partial charge in [0.25, 0.3) is 5.69 Å². The molecule has 0 fully saturated rings. The number of unbranched alkanes of at least 4 members (excludes halogenated alkanes) is 2. The van der Waals surface area contributed by atoms with Crippen molar-refractivity contribution in [3.05, 3.63) is 64.0 Å². The van der Waals surface area contributed by atoms with E-state index in [2.05, 4.69) is 16.6 Å². The number of aromatic nitrogens is 1. The fourth-order valence-corrected chi connectivity index (χ4v) is 4.01. The third-order valence-corrected chi connectivity index (χ3v) is 6.04. The largest absolute Gasteiger partial charge is 0.441 e. The Morgan fingerprint density at radius 3 is 2.55 bits per heavy atom. The molecule has 0 saturated carbocycles. The summed E-state index contributed by atoms with van der Waals surface area (Å²) < 4.78 is 32.9. The average Bonchev–Trinajstić information content (AvgIpc) is 3.10. The number of hydrogen-bond acceptors (Lipinski definition) is 6. The molecule has 0 aliphatic heterocycles. The lowest BCUT2D eigenvalue weighted by Crippen LogP contribution is -2.26. The summed E-state index contributed by atoms with van der Waals surface area (Å²) in [6, 6.07) is 11.1. The number of rotatable bonds is 10. The molecule has 0 atom stereocenters. The fourth-order valence-electron chi connectivity index (χ4n) is 2.97. The van der Waals surface area contributed by atoms with Gasteiger partial charge >= 0.3 is 0 Å². The maximum Gasteiger partial charge on any atom is 0.271 e. The van der Waals surface area contributed by atoms with Gasteiger partial charge in [0.05, 0.1) is 9.82 Å². The molecule has 3 aromatic rings. The van der Waals surface area contributed by atoms with Gasteiger partial charge in [-0.15, -0.1) is 0 Å². The van der Waals surface area contributed by atoms with Crippen molar-refractivity contribution in [3.63, 3.8) is 0 Å². The van der Waals surface area contributed by atoms with Gasteiger partial charge in [-0.1, -0.05) is 31.9 Å². The molecule has 0 aliphatic carbocycles. The molecule has 0 unspecified atom stereocenters. The van der Waals surface area contributed by atoms with Crippen LogP contribution in [0.2, 0.25) is 0 Å². The number of nitrogens with one attached hydrogen (secondary N) is 1. The van der Waals surface area contributed by atoms with Crippen molar-refractivity contribution in [2.45, 2.75) is 43.9 Å². The van der Waals surface area contributed by atoms with E-state index in [0.29, 0.717) is 17.0 Å². The first kappa shape index (κ1) is 20.9. The highest BCUT2D eigenvalue weighted by Crippen LogP contribution is 2.21. The number of aryl methyl sites for hydroxylation is 1. The number of nitrogens with zero attached hydrogens (tertiary/aromatic N) is 2. The molecule has 2 aromatic carbocycles. The van der Waals surface area contributed by atoms with Gasteiger partial charge < -0.3 is 4.42 Å². The lowest BCUT2D eigenvalue weighted by atomic mass is 10.1. The Morgan fingerprint density at radius 2 is 1.86 bits per heavy atom. The summed E-state index contributed by atoms with van der Waals surface area (Å²) in [6.45, 7) is 2.25. The van der Waals surface area contributed by atoms with E-state index in [0.717, 1.165) is 31.2 Å². The summed E-state index contributed by atoms with van der Waals surface area (Å²) in [5.74, 6) is 0.314. The summed E-state index contributed by atoms with van der Waals surface area (Å²) in [6.07, 6.45) is 4.57. The normalized spacial score (nSPS) is 11.8. The molecular weight excluding hydrogens is 394 g/mol. The van der Waals surface area contributed by atoms with E-state index >= 15 is 0 Å². The predicted octanol–water partition coefficient (Wildman–Crippen LogP) is 3.99. The zero-order valence-electron chi connectivity index (χ0n) is 16.1. The molecule has 0 bridgehead atoms. The van der Waals surface area contributed by atoms with Gasteiger partial charge in [-0.25, -0.2) is 18.1 Å². The molecule has 0 aliphatic rings. The Labute approximate surface area is 169 Å². The van der Waals surface area contributed by atoms with Gasteiger partial charge in [-0.3, -0.25) is 10.1 Å². The minimum absolute atomic E-state index is 0.0730. The molecule has 0 saturated heterocycles. The van der Waals surface area contributed by atoms with Crippen molar-refractivity contribution in [3.8, 4) is 0 Å². The molecule has 1 heterocycles. The third-order valence-electron chi connectivity index (χ3n) is 4.56. The summed E-state index contributed by atoms with van der Waals surface area (Å²) in [5, 5.41) is 10.8. The lowest BCUT2D eigenvalue weighted by molar-refractivity contribution is -0.384. The SMILES string of the molecule is CCCCCc1ccc(S(=O)(=O)NCCc2nc3cc([N+](=O)[O-])ccc3o2)cc1. The van der Waals surface area contributed by atoms with Crippen LogP contribution in [-0.2, 0) is 22.9 Å². The third kappa shape index (κ3) is 5.39. The van der Waals surface area contributed by atoms with Crippen LogP contribution in [0.15, 0.2) is 51.8 Å². The van der Waals surface area contributed by atoms with E-state index in [9.17, 15) is 18.5 Å². The Balaban J connectivity index is 1.59. The van der Waals surface area contributed by atoms with Crippen LogP contribution in [0, 0.1) is 10.1 Å². The first-order valence-electron chi connectivity index (χ1n) is 9.51. The molecule has 3 rings (SSSR count). The summed E-state index contributed by atoms with van der Waals surface area (Å²) >= 11 is 0. The molecule has 0 radical (unpaired) electrons. The van der Waals surface area contributed by atoms with Crippen molar-refractivity contribution in [1.82, 2.24) is 9.71 Å². The number of non-ortho nitro benzene ring substituents is 1. The Bertz CT molecular complexity index is 1090. The molecule has 1 aromatic heterocycles. The monoisotopic (exact) mass is 417 g/mol. The summed E-state index contributed by atoms with van der Waals surface area (Å²) in [4.78, 5) is 14.7. The minimum Gasteiger partial charge on any atom is -0.441 e. The van der Waals surface area contributed by atoms with Gasteiger partial charge in [0.15, 0.2) is 11.5 Å². The number of nitro groups is 1. The number of sulfonamides is 1. The van der Waals surface area contributed by atoms with Gasteiger partial charge in [0.2, 0.25) is 10.0 Å². The van der Waals surface area contributed by atoms with Crippen molar-refractivity contribution < 1.29 is 17.8 Å². The van der Waals surface area contributed by atoms with Gasteiger partial charge in [-0.05, 0) is 36.6 Å². The fraction of sp³-hybridized carbons (Fsp3) is 0.350. The topological polar surface area (TPSA) is 115 Å². The van der Waals surface area contributed by atoms with Crippen molar-refractivity contribution in [2.24, 2.45) is 0 Å². The van der Waals surface area contributed by atoms with E-state index in [1.807, 2.05) is 12.1 Å². The summed E-state index contributed by atoms with van der Waals surface area (Å²) in [7, 11) is -3.63. The van der Waals surface area contributed by atoms with Gasteiger partial charge in [0, 0.05) is 25.1 Å². The highest BCUT2D eigenvalue weighted by molar-refractivity contribution is 7.89. The quantitative estimate of drug-likeness (QED) is 0.303. The smallest absolute Gasteiger partial charge is 0.271 e. The van der Waals surface area contributed by atoms with Crippen LogP contribution in [0.5, 0.6) is 0 Å². The zero-order chi connectivity index (χ0) is 20.9. The van der Waals surface area contributed by atoms with E-state index in [1.54, 1.807) is 12.1 Å². The second kappa shape index (κ2) is 9.15. The molecule has 9 heteroatoms. The number of oxazole rings is 1. The van der Waals surface area contributed by atoms with Crippen LogP contribution in [0.25, 0.3) is 11.1 Å². The lowest BCUT2D eigenvalue weighted by Gasteiger charge is -2.07. The summed E-state index contributed by atoms with van der Waals surface area (Å²) in [5.41, 5.74) is 1.84. The molecule has 8 nitrogen and oxygen atoms in total. The number of nitro benzene ring substituents is 1. The van der Waals surface area contributed by atoms with Crippen LogP contribution < -0.4 is 4.72 Å². The van der Waals surface area contributed by atoms with Crippen LogP contribution >= 0.6 is 0 Å². The second-order valence-corrected chi connectivity index (χ2v) is 8.53. The maximum absolute atomic E-state index is 12.4. The number of benzene rings is 2. The molecule has 29 heavy (non-hydrogen) atoms. The average molecular weight is 417 g/mol. The molecule has 1 N–H and O–H groups in total. The first-order valence-corrected chi connectivity index (χ1v) is 11.0. The Hall–Kier alpha value is -2.78. The Kier molecular flexibility index (Phi) is 6.60. The van der Waals surface area contributed by atoms with Crippen molar-refractivity contribution in [1.29, 1.82) is 0 Å². The Morgan fingerprint density at radius 1 is 1.10 bits per heavy atom. The maximum atomic E-state index is 12.4. The van der Waals surface area contributed by atoms with E-state index in [-0.39, 0.29) is 23.5 Å². The first-order chi connectivity index (χ1) is 13.9. The second-order valence-electron chi connectivity index (χ2n) is 6.77. The van der Waals surface area contributed by atoms with Crippen molar-refractivity contribution in [2.75, 3.05) is 6.54 Å². The molecule has 0 spiro atoms. The highest BCUT2D eigenvalue weighted by atomic mass is 32.2. The van der Waals surface area contributed by atoms with Crippen LogP contribution in [0.1, 0.15) is 37.6 Å². The van der Waals surface area contributed by atoms with Crippen LogP contribution in [0.4, 0.5) is 5.69 Å². The van der Waals surface area contributed by atoms with Crippen LogP contribution in [0.3, 0.4) is 0 Å². The number of fused-ring (bicyclic) bond motifs is 1. The molecule has 154 valence electrons. The number of hydrogen-bond donors (Lipinski definition) is 1. The standard InChI is InChI=1S/C20H23N3O5S/c1-2-3-4-5-15-6-9-17(10-7-15)29(26,27)21-13-12-20-22-18-14-16(23(24)25)8-11-19(18)28-20/h6-11,14,21H,2-5,12-13H2,1H3. The van der Waals surface area contributed by atoms with E-state index < -0.39 is 14.9 Å². The van der Waals surface area contributed by atoms with Gasteiger partial charge in [-0.2, -0.15) is 0 Å². The zero-order valence-corrected chi connectivity index (χ0v) is 16.9. The highest BCUT2D eigenvalue weighted by Gasteiger charge is 2.15.